The third-order valence-corrected chi connectivity index (χ3v) is 4.24. The Balaban J connectivity index is 0.00000312. The van der Waals surface area contributed by atoms with E-state index in [9.17, 15) is 23.4 Å². The molecular formula is C20H27F3O2. The Labute approximate surface area is 147 Å². The van der Waals surface area contributed by atoms with E-state index >= 15 is 0 Å². The SMILES string of the molecule is C.CCCCCCCC/C=C1\C=C(C(F)(F)F)c2cc(O)c(O)cc21. The van der Waals surface area contributed by atoms with Crippen LogP contribution in [0.3, 0.4) is 0 Å². The molecule has 0 aromatic heterocycles. The summed E-state index contributed by atoms with van der Waals surface area (Å²) in [5.74, 6) is -0.947. The molecule has 25 heavy (non-hydrogen) atoms. The molecule has 0 saturated heterocycles. The van der Waals surface area contributed by atoms with Crippen molar-refractivity contribution in [3.63, 3.8) is 0 Å². The third-order valence-electron chi connectivity index (χ3n) is 4.24. The van der Waals surface area contributed by atoms with Gasteiger partial charge in [0.15, 0.2) is 11.5 Å². The van der Waals surface area contributed by atoms with Gasteiger partial charge in [-0.25, -0.2) is 0 Å². The molecule has 0 atom stereocenters. The highest BCUT2D eigenvalue weighted by Gasteiger charge is 2.39. The number of hydrogen-bond donors (Lipinski definition) is 2. The highest BCUT2D eigenvalue weighted by atomic mass is 19.4. The molecule has 140 valence electrons. The van der Waals surface area contributed by atoms with Crippen LogP contribution in [0.2, 0.25) is 0 Å². The lowest BCUT2D eigenvalue weighted by atomic mass is 10.0. The molecule has 0 spiro atoms. The highest BCUT2D eigenvalue weighted by Crippen LogP contribution is 2.47. The second-order valence-electron chi connectivity index (χ2n) is 6.16. The molecule has 0 amide bonds. The summed E-state index contributed by atoms with van der Waals surface area (Å²) in [5, 5.41) is 19.1. The van der Waals surface area contributed by atoms with Crippen LogP contribution in [0.1, 0.15) is 70.4 Å². The summed E-state index contributed by atoms with van der Waals surface area (Å²) in [5.41, 5.74) is -0.0706. The van der Waals surface area contributed by atoms with Gasteiger partial charge < -0.3 is 10.2 Å². The maximum Gasteiger partial charge on any atom is 0.417 e. The van der Waals surface area contributed by atoms with Crippen LogP contribution in [0.5, 0.6) is 11.5 Å². The predicted molar refractivity (Wildman–Crippen MR) is 96.5 cm³/mol. The van der Waals surface area contributed by atoms with Crippen LogP contribution in [-0.2, 0) is 0 Å². The number of aromatic hydroxyl groups is 2. The average Bonchev–Trinajstić information content (AvgIpc) is 2.85. The van der Waals surface area contributed by atoms with Crippen molar-refractivity contribution in [1.82, 2.24) is 0 Å². The topological polar surface area (TPSA) is 40.5 Å². The molecular weight excluding hydrogens is 329 g/mol. The van der Waals surface area contributed by atoms with Gasteiger partial charge in [0, 0.05) is 0 Å². The van der Waals surface area contributed by atoms with Crippen molar-refractivity contribution in [1.29, 1.82) is 0 Å². The van der Waals surface area contributed by atoms with Crippen molar-refractivity contribution in [3.8, 4) is 11.5 Å². The summed E-state index contributed by atoms with van der Waals surface area (Å²) in [4.78, 5) is 0. The molecule has 0 bridgehead atoms. The van der Waals surface area contributed by atoms with E-state index in [2.05, 4.69) is 6.92 Å². The van der Waals surface area contributed by atoms with Crippen LogP contribution in [0.15, 0.2) is 24.3 Å². The van der Waals surface area contributed by atoms with Crippen LogP contribution < -0.4 is 0 Å². The fourth-order valence-electron chi connectivity index (χ4n) is 2.94. The van der Waals surface area contributed by atoms with Gasteiger partial charge in [-0.3, -0.25) is 0 Å². The van der Waals surface area contributed by atoms with E-state index in [1.165, 1.54) is 25.3 Å². The van der Waals surface area contributed by atoms with E-state index in [1.807, 2.05) is 0 Å². The van der Waals surface area contributed by atoms with Gasteiger partial charge in [-0.1, -0.05) is 52.5 Å². The molecule has 1 aliphatic rings. The Morgan fingerprint density at radius 1 is 0.920 bits per heavy atom. The Bertz CT molecular complexity index is 643. The van der Waals surface area contributed by atoms with E-state index in [-0.39, 0.29) is 13.0 Å². The van der Waals surface area contributed by atoms with Gasteiger partial charge in [0.2, 0.25) is 0 Å². The Kier molecular flexibility index (Phi) is 7.59. The zero-order valence-corrected chi connectivity index (χ0v) is 13.8. The predicted octanol–water partition coefficient (Wildman–Crippen LogP) is 6.83. The zero-order valence-electron chi connectivity index (χ0n) is 13.8. The molecule has 1 aliphatic carbocycles. The monoisotopic (exact) mass is 356 g/mol. The number of phenols is 2. The summed E-state index contributed by atoms with van der Waals surface area (Å²) in [6.45, 7) is 2.15. The summed E-state index contributed by atoms with van der Waals surface area (Å²) < 4.78 is 39.5. The van der Waals surface area contributed by atoms with E-state index in [0.717, 1.165) is 31.4 Å². The molecule has 1 aromatic carbocycles. The van der Waals surface area contributed by atoms with Gasteiger partial charge in [0.05, 0.1) is 5.57 Å². The van der Waals surface area contributed by atoms with Crippen molar-refractivity contribution in [3.05, 3.63) is 35.4 Å². The van der Waals surface area contributed by atoms with E-state index in [4.69, 9.17) is 0 Å². The number of rotatable bonds is 7. The third kappa shape index (κ3) is 5.28. The Morgan fingerprint density at radius 2 is 1.48 bits per heavy atom. The molecule has 0 fully saturated rings. The fraction of sp³-hybridized carbons (Fsp3) is 0.500. The maximum atomic E-state index is 13.2. The van der Waals surface area contributed by atoms with Crippen molar-refractivity contribution in [2.24, 2.45) is 0 Å². The second-order valence-corrected chi connectivity index (χ2v) is 6.16. The van der Waals surface area contributed by atoms with Crippen molar-refractivity contribution < 1.29 is 23.4 Å². The van der Waals surface area contributed by atoms with Crippen LogP contribution >= 0.6 is 0 Å². The summed E-state index contributed by atoms with van der Waals surface area (Å²) >= 11 is 0. The number of hydrogen-bond acceptors (Lipinski definition) is 2. The summed E-state index contributed by atoms with van der Waals surface area (Å²) in [6.07, 6.45) is 5.83. The van der Waals surface area contributed by atoms with Crippen LogP contribution in [0, 0.1) is 0 Å². The van der Waals surface area contributed by atoms with E-state index < -0.39 is 23.2 Å². The Hall–Kier alpha value is -1.91. The zero-order chi connectivity index (χ0) is 17.7. The van der Waals surface area contributed by atoms with Gasteiger partial charge in [0.1, 0.15) is 0 Å². The van der Waals surface area contributed by atoms with Gasteiger partial charge in [-0.05, 0) is 47.8 Å². The number of allylic oxidation sites excluding steroid dienone is 4. The standard InChI is InChI=1S/C19H23F3O2.CH4/c1-2-3-4-5-6-7-8-9-13-10-16(19(20,21)22)15-12-18(24)17(23)11-14(13)15;/h9-12,23-24H,2-8H2,1H3;1H4/b13-9+;. The minimum atomic E-state index is -4.49. The lowest BCUT2D eigenvalue weighted by Gasteiger charge is -2.10. The minimum absolute atomic E-state index is 0. The number of benzene rings is 1. The van der Waals surface area contributed by atoms with Crippen LogP contribution in [0.25, 0.3) is 11.1 Å². The maximum absolute atomic E-state index is 13.2. The van der Waals surface area contributed by atoms with Gasteiger partial charge >= 0.3 is 6.18 Å². The molecule has 0 saturated carbocycles. The average molecular weight is 356 g/mol. The molecule has 5 heteroatoms. The first-order chi connectivity index (χ1) is 11.3. The number of unbranched alkanes of at least 4 members (excludes halogenated alkanes) is 6. The first kappa shape index (κ1) is 21.1. The highest BCUT2D eigenvalue weighted by molar-refractivity contribution is 5.98. The lowest BCUT2D eigenvalue weighted by molar-refractivity contribution is -0.0687. The van der Waals surface area contributed by atoms with Crippen molar-refractivity contribution >= 4 is 11.1 Å². The largest absolute Gasteiger partial charge is 0.504 e. The molecule has 0 unspecified atom stereocenters. The number of halogens is 3. The van der Waals surface area contributed by atoms with Gasteiger partial charge in [-0.2, -0.15) is 13.2 Å². The van der Waals surface area contributed by atoms with Gasteiger partial charge in [0.25, 0.3) is 0 Å². The summed E-state index contributed by atoms with van der Waals surface area (Å²) in [6, 6.07) is 2.18. The van der Waals surface area contributed by atoms with Crippen LogP contribution in [-0.4, -0.2) is 16.4 Å². The number of alkyl halides is 3. The van der Waals surface area contributed by atoms with E-state index in [1.54, 1.807) is 6.08 Å². The molecule has 0 heterocycles. The molecule has 2 N–H and O–H groups in total. The second kappa shape index (κ2) is 8.97. The molecule has 2 rings (SSSR count). The molecule has 1 aromatic rings. The number of phenolic OH excluding ortho intramolecular Hbond substituents is 2. The normalized spacial score (nSPS) is 15.0. The Morgan fingerprint density at radius 3 is 2.08 bits per heavy atom. The number of fused-ring (bicyclic) bond motifs is 1. The minimum Gasteiger partial charge on any atom is -0.504 e. The lowest BCUT2D eigenvalue weighted by Crippen LogP contribution is -2.09. The quantitative estimate of drug-likeness (QED) is 0.415. The van der Waals surface area contributed by atoms with Crippen molar-refractivity contribution in [2.45, 2.75) is 65.5 Å². The van der Waals surface area contributed by atoms with Crippen molar-refractivity contribution in [2.75, 3.05) is 0 Å². The molecule has 0 radical (unpaired) electrons. The fourth-order valence-corrected chi connectivity index (χ4v) is 2.94. The van der Waals surface area contributed by atoms with Gasteiger partial charge in [-0.15, -0.1) is 0 Å². The molecule has 0 aliphatic heterocycles. The smallest absolute Gasteiger partial charge is 0.417 e. The van der Waals surface area contributed by atoms with E-state index in [0.29, 0.717) is 17.6 Å². The first-order valence-electron chi connectivity index (χ1n) is 8.40. The van der Waals surface area contributed by atoms with Crippen LogP contribution in [0.4, 0.5) is 13.2 Å². The molecule has 2 nitrogen and oxygen atoms in total. The first-order valence-corrected chi connectivity index (χ1v) is 8.40. The summed E-state index contributed by atoms with van der Waals surface area (Å²) in [7, 11) is 0.